The second kappa shape index (κ2) is 4.28. The van der Waals surface area contributed by atoms with E-state index in [1.807, 2.05) is 18.7 Å². The lowest BCUT2D eigenvalue weighted by Crippen LogP contribution is -2.44. The first-order valence-corrected chi connectivity index (χ1v) is 5.94. The number of hydrogen-bond acceptors (Lipinski definition) is 2. The number of nitrogens with one attached hydrogen (secondary N) is 2. The lowest BCUT2D eigenvalue weighted by atomic mass is 9.86. The Labute approximate surface area is 96.2 Å². The fourth-order valence-electron chi connectivity index (χ4n) is 2.64. The molecule has 0 radical (unpaired) electrons. The van der Waals surface area contributed by atoms with Crippen molar-refractivity contribution in [1.82, 2.24) is 10.2 Å². The zero-order valence-electron chi connectivity index (χ0n) is 9.86. The summed E-state index contributed by atoms with van der Waals surface area (Å²) in [5.74, 6) is 0.776. The molecule has 2 N–H and O–H groups in total. The average Bonchev–Trinajstić information content (AvgIpc) is 2.55. The first-order chi connectivity index (χ1) is 7.61. The lowest BCUT2D eigenvalue weighted by Gasteiger charge is -2.33. The second-order valence-corrected chi connectivity index (χ2v) is 4.83. The molecule has 0 aromatic rings. The van der Waals surface area contributed by atoms with Gasteiger partial charge in [0, 0.05) is 6.04 Å². The molecule has 4 nitrogen and oxygen atoms in total. The van der Waals surface area contributed by atoms with Gasteiger partial charge in [-0.25, -0.2) is 4.79 Å². The number of urea groups is 1. The van der Waals surface area contributed by atoms with Crippen molar-refractivity contribution in [1.29, 1.82) is 5.41 Å². The molecule has 88 valence electrons. The monoisotopic (exact) mass is 221 g/mol. The zero-order valence-corrected chi connectivity index (χ0v) is 9.86. The first-order valence-electron chi connectivity index (χ1n) is 5.94. The van der Waals surface area contributed by atoms with E-state index < -0.39 is 0 Å². The van der Waals surface area contributed by atoms with E-state index in [1.165, 1.54) is 0 Å². The number of nitrogens with zero attached hydrogens (tertiary/aromatic N) is 1. The fraction of sp³-hybridized carbons (Fsp3) is 0.667. The van der Waals surface area contributed by atoms with Gasteiger partial charge < -0.3 is 4.90 Å². The highest BCUT2D eigenvalue weighted by Crippen LogP contribution is 2.29. The quantitative estimate of drug-likeness (QED) is 0.689. The van der Waals surface area contributed by atoms with E-state index in [-0.39, 0.29) is 18.1 Å². The van der Waals surface area contributed by atoms with Crippen molar-refractivity contribution in [3.8, 4) is 0 Å². The Morgan fingerprint density at radius 1 is 1.50 bits per heavy atom. The topological polar surface area (TPSA) is 56.2 Å². The maximum Gasteiger partial charge on any atom is 0.323 e. The third-order valence-corrected chi connectivity index (χ3v) is 3.38. The summed E-state index contributed by atoms with van der Waals surface area (Å²) >= 11 is 0. The summed E-state index contributed by atoms with van der Waals surface area (Å²) in [6.45, 7) is 4.01. The molecule has 0 saturated carbocycles. The van der Waals surface area contributed by atoms with Crippen molar-refractivity contribution in [2.45, 2.75) is 45.2 Å². The van der Waals surface area contributed by atoms with Gasteiger partial charge in [0.05, 0.1) is 6.04 Å². The molecular formula is C12H19N3O. The molecule has 1 saturated heterocycles. The minimum Gasteiger partial charge on any atom is -0.312 e. The van der Waals surface area contributed by atoms with Gasteiger partial charge >= 0.3 is 6.03 Å². The molecule has 1 aliphatic carbocycles. The molecule has 0 aromatic heterocycles. The molecule has 2 amide bonds. The highest BCUT2D eigenvalue weighted by atomic mass is 16.2. The van der Waals surface area contributed by atoms with E-state index in [0.29, 0.717) is 11.8 Å². The van der Waals surface area contributed by atoms with Gasteiger partial charge in [0.1, 0.15) is 5.84 Å². The van der Waals surface area contributed by atoms with Crippen molar-refractivity contribution in [3.63, 3.8) is 0 Å². The summed E-state index contributed by atoms with van der Waals surface area (Å²) in [7, 11) is 0. The molecular weight excluding hydrogens is 202 g/mol. The molecule has 2 unspecified atom stereocenters. The van der Waals surface area contributed by atoms with Crippen LogP contribution in [0.2, 0.25) is 0 Å². The Kier molecular flexibility index (Phi) is 2.99. The van der Waals surface area contributed by atoms with Gasteiger partial charge in [0.15, 0.2) is 0 Å². The van der Waals surface area contributed by atoms with Gasteiger partial charge in [-0.15, -0.1) is 0 Å². The fourth-order valence-corrected chi connectivity index (χ4v) is 2.64. The Morgan fingerprint density at radius 2 is 2.25 bits per heavy atom. The maximum atomic E-state index is 11.7. The van der Waals surface area contributed by atoms with Crippen molar-refractivity contribution in [2.75, 3.05) is 0 Å². The number of carbonyl (C=O) groups is 1. The van der Waals surface area contributed by atoms with Crippen LogP contribution in [0.1, 0.15) is 33.1 Å². The van der Waals surface area contributed by atoms with Crippen LogP contribution in [0.15, 0.2) is 12.2 Å². The third kappa shape index (κ3) is 1.84. The standard InChI is InChI=1S/C12H19N3O/c1-8(2)15-10(11(13)14-12(15)16)9-6-4-3-5-7-9/h3-4,8-10H,5-7H2,1-2H3,(H2,13,14,16). The summed E-state index contributed by atoms with van der Waals surface area (Å²) in [5.41, 5.74) is 0. The number of rotatable bonds is 2. The van der Waals surface area contributed by atoms with Crippen LogP contribution >= 0.6 is 0 Å². The van der Waals surface area contributed by atoms with Crippen LogP contribution in [-0.4, -0.2) is 28.9 Å². The van der Waals surface area contributed by atoms with Crippen LogP contribution in [0.5, 0.6) is 0 Å². The van der Waals surface area contributed by atoms with Gasteiger partial charge in [-0.2, -0.15) is 0 Å². The summed E-state index contributed by atoms with van der Waals surface area (Å²) < 4.78 is 0. The Balaban J connectivity index is 2.19. The Morgan fingerprint density at radius 3 is 2.81 bits per heavy atom. The first kappa shape index (κ1) is 11.2. The van der Waals surface area contributed by atoms with Gasteiger partial charge in [-0.05, 0) is 39.0 Å². The Bertz CT molecular complexity index is 335. The minimum atomic E-state index is -0.112. The maximum absolute atomic E-state index is 11.7. The normalized spacial score (nSPS) is 30.1. The van der Waals surface area contributed by atoms with Crippen LogP contribution in [0.25, 0.3) is 0 Å². The molecule has 4 heteroatoms. The van der Waals surface area contributed by atoms with Crippen LogP contribution in [0, 0.1) is 11.3 Å². The zero-order chi connectivity index (χ0) is 11.7. The van der Waals surface area contributed by atoms with Gasteiger partial charge in [-0.3, -0.25) is 10.7 Å². The van der Waals surface area contributed by atoms with Crippen LogP contribution in [-0.2, 0) is 0 Å². The Hall–Kier alpha value is -1.32. The number of amidine groups is 1. The van der Waals surface area contributed by atoms with Crippen molar-refractivity contribution < 1.29 is 4.79 Å². The highest BCUT2D eigenvalue weighted by molar-refractivity contribution is 6.05. The predicted octanol–water partition coefficient (Wildman–Crippen LogP) is 2.12. The van der Waals surface area contributed by atoms with Crippen molar-refractivity contribution >= 4 is 11.9 Å². The smallest absolute Gasteiger partial charge is 0.312 e. The van der Waals surface area contributed by atoms with Crippen LogP contribution in [0.3, 0.4) is 0 Å². The predicted molar refractivity (Wildman–Crippen MR) is 63.5 cm³/mol. The van der Waals surface area contributed by atoms with Gasteiger partial charge in [-0.1, -0.05) is 12.2 Å². The molecule has 16 heavy (non-hydrogen) atoms. The number of hydrogen-bond donors (Lipinski definition) is 2. The summed E-state index contributed by atoms with van der Waals surface area (Å²) in [6.07, 6.45) is 7.47. The molecule has 1 heterocycles. The number of amides is 2. The average molecular weight is 221 g/mol. The molecule has 0 spiro atoms. The molecule has 1 aliphatic heterocycles. The number of allylic oxidation sites excluding steroid dienone is 2. The molecule has 0 bridgehead atoms. The summed E-state index contributed by atoms with van der Waals surface area (Å²) in [5, 5.41) is 10.5. The minimum absolute atomic E-state index is 0.0440. The summed E-state index contributed by atoms with van der Waals surface area (Å²) in [6, 6.07) is -0.00393. The molecule has 2 atom stereocenters. The van der Waals surface area contributed by atoms with E-state index in [0.717, 1.165) is 19.3 Å². The van der Waals surface area contributed by atoms with E-state index in [2.05, 4.69) is 17.5 Å². The molecule has 2 aliphatic rings. The second-order valence-electron chi connectivity index (χ2n) is 4.83. The van der Waals surface area contributed by atoms with Crippen LogP contribution in [0.4, 0.5) is 4.79 Å². The highest BCUT2D eigenvalue weighted by Gasteiger charge is 2.41. The molecule has 0 aromatic carbocycles. The SMILES string of the molecule is CC(C)N1C(=O)NC(=N)C1C1CC=CCC1. The van der Waals surface area contributed by atoms with E-state index in [4.69, 9.17) is 5.41 Å². The van der Waals surface area contributed by atoms with Crippen molar-refractivity contribution in [3.05, 3.63) is 12.2 Å². The third-order valence-electron chi connectivity index (χ3n) is 3.38. The van der Waals surface area contributed by atoms with E-state index in [1.54, 1.807) is 0 Å². The molecule has 1 fully saturated rings. The summed E-state index contributed by atoms with van der Waals surface area (Å²) in [4.78, 5) is 13.5. The van der Waals surface area contributed by atoms with Gasteiger partial charge in [0.2, 0.25) is 0 Å². The largest absolute Gasteiger partial charge is 0.323 e. The van der Waals surface area contributed by atoms with Crippen molar-refractivity contribution in [2.24, 2.45) is 5.92 Å². The van der Waals surface area contributed by atoms with E-state index >= 15 is 0 Å². The van der Waals surface area contributed by atoms with Crippen LogP contribution < -0.4 is 5.32 Å². The van der Waals surface area contributed by atoms with Gasteiger partial charge in [0.25, 0.3) is 0 Å². The lowest BCUT2D eigenvalue weighted by molar-refractivity contribution is 0.168. The van der Waals surface area contributed by atoms with E-state index in [9.17, 15) is 4.79 Å². The number of carbonyl (C=O) groups excluding carboxylic acids is 1. The molecule has 2 rings (SSSR count).